The molecule has 31 heavy (non-hydrogen) atoms. The van der Waals surface area contributed by atoms with Gasteiger partial charge in [0.15, 0.2) is 11.5 Å². The summed E-state index contributed by atoms with van der Waals surface area (Å²) >= 11 is 0. The number of carbonyl (C=O) groups excluding carboxylic acids is 1. The van der Waals surface area contributed by atoms with E-state index >= 15 is 0 Å². The first-order chi connectivity index (χ1) is 15.0. The van der Waals surface area contributed by atoms with Crippen LogP contribution in [-0.2, 0) is 6.42 Å². The summed E-state index contributed by atoms with van der Waals surface area (Å²) in [5.74, 6) is 3.00. The second kappa shape index (κ2) is 9.06. The number of ether oxygens (including phenoxy) is 3. The van der Waals surface area contributed by atoms with Crippen molar-refractivity contribution in [1.82, 2.24) is 10.2 Å². The van der Waals surface area contributed by atoms with Gasteiger partial charge in [0, 0.05) is 43.9 Å². The van der Waals surface area contributed by atoms with E-state index in [4.69, 9.17) is 19.9 Å². The second-order valence-corrected chi connectivity index (χ2v) is 8.24. The van der Waals surface area contributed by atoms with E-state index in [9.17, 15) is 4.79 Å². The van der Waals surface area contributed by atoms with Crippen molar-refractivity contribution >= 4 is 11.6 Å². The largest absolute Gasteiger partial charge is 0.496 e. The summed E-state index contributed by atoms with van der Waals surface area (Å²) in [4.78, 5) is 15.1. The Balaban J connectivity index is 1.36. The van der Waals surface area contributed by atoms with Crippen LogP contribution in [0.5, 0.6) is 17.2 Å². The van der Waals surface area contributed by atoms with Crippen LogP contribution in [0.4, 0.5) is 5.69 Å². The van der Waals surface area contributed by atoms with E-state index in [1.165, 1.54) is 24.7 Å². The molecular formula is C24H31N3O4. The molecule has 1 aliphatic carbocycles. The molecule has 4 rings (SSSR count). The molecule has 1 heterocycles. The number of nitrogens with one attached hydrogen (secondary N) is 1. The molecule has 3 N–H and O–H groups in total. The molecule has 1 saturated heterocycles. The molecule has 2 aromatic rings. The minimum Gasteiger partial charge on any atom is -0.496 e. The summed E-state index contributed by atoms with van der Waals surface area (Å²) in [6.07, 6.45) is 2.26. The predicted octanol–water partition coefficient (Wildman–Crippen LogP) is 2.69. The molecule has 0 radical (unpaired) electrons. The number of benzene rings is 2. The minimum atomic E-state index is -0.204. The Bertz CT molecular complexity index is 962. The summed E-state index contributed by atoms with van der Waals surface area (Å²) in [5.41, 5.74) is 9.61. The molecule has 0 unspecified atom stereocenters. The molecule has 0 saturated carbocycles. The summed E-state index contributed by atoms with van der Waals surface area (Å²) in [5, 5.41) is 3.00. The van der Waals surface area contributed by atoms with Crippen LogP contribution in [-0.4, -0.2) is 58.3 Å². The Morgan fingerprint density at radius 2 is 1.84 bits per heavy atom. The standard InChI is InChI=1S/C24H31N3O4/c1-29-21-6-4-5-16-17(21)8-7-15-13-27(14-19(15)16)10-9-26-24(28)18-11-22(30-2)23(31-3)12-20(18)25/h4-6,11-12,15,19H,7-10,13-14,25H2,1-3H3,(H,26,28)/t15-,19+/m0/s1. The van der Waals surface area contributed by atoms with E-state index in [-0.39, 0.29) is 5.91 Å². The van der Waals surface area contributed by atoms with E-state index in [0.717, 1.165) is 31.8 Å². The molecule has 2 atom stereocenters. The van der Waals surface area contributed by atoms with E-state index in [1.807, 2.05) is 0 Å². The fourth-order valence-electron chi connectivity index (χ4n) is 5.02. The number of nitrogen functional groups attached to an aromatic ring is 1. The lowest BCUT2D eigenvalue weighted by Crippen LogP contribution is -2.34. The van der Waals surface area contributed by atoms with Crippen LogP contribution in [0.3, 0.4) is 0 Å². The highest BCUT2D eigenvalue weighted by Crippen LogP contribution is 2.43. The molecule has 1 amide bonds. The number of amides is 1. The smallest absolute Gasteiger partial charge is 0.253 e. The van der Waals surface area contributed by atoms with Gasteiger partial charge >= 0.3 is 0 Å². The quantitative estimate of drug-likeness (QED) is 0.664. The van der Waals surface area contributed by atoms with Gasteiger partial charge in [0.25, 0.3) is 5.91 Å². The first kappa shape index (κ1) is 21.3. The lowest BCUT2D eigenvalue weighted by molar-refractivity contribution is 0.0950. The summed E-state index contributed by atoms with van der Waals surface area (Å²) < 4.78 is 16.1. The van der Waals surface area contributed by atoms with E-state index in [0.29, 0.717) is 41.1 Å². The fraction of sp³-hybridized carbons (Fsp3) is 0.458. The number of nitrogens with zero attached hydrogens (tertiary/aromatic N) is 1. The Morgan fingerprint density at radius 3 is 2.58 bits per heavy atom. The van der Waals surface area contributed by atoms with Gasteiger partial charge in [-0.25, -0.2) is 0 Å². The maximum Gasteiger partial charge on any atom is 0.253 e. The van der Waals surface area contributed by atoms with Crippen LogP contribution in [0.2, 0.25) is 0 Å². The third kappa shape index (κ3) is 4.14. The normalized spacial score (nSPS) is 20.0. The predicted molar refractivity (Wildman–Crippen MR) is 120 cm³/mol. The average molecular weight is 426 g/mol. The maximum absolute atomic E-state index is 12.7. The lowest BCUT2D eigenvalue weighted by Gasteiger charge is -2.28. The van der Waals surface area contributed by atoms with Crippen molar-refractivity contribution in [1.29, 1.82) is 0 Å². The molecular weight excluding hydrogens is 394 g/mol. The molecule has 2 aromatic carbocycles. The van der Waals surface area contributed by atoms with Gasteiger partial charge in [0.05, 0.1) is 26.9 Å². The molecule has 1 aliphatic heterocycles. The Morgan fingerprint density at radius 1 is 1.10 bits per heavy atom. The van der Waals surface area contributed by atoms with Gasteiger partial charge in [-0.3, -0.25) is 4.79 Å². The van der Waals surface area contributed by atoms with Crippen molar-refractivity contribution in [2.45, 2.75) is 18.8 Å². The van der Waals surface area contributed by atoms with Crippen molar-refractivity contribution in [2.75, 3.05) is 53.2 Å². The van der Waals surface area contributed by atoms with Gasteiger partial charge in [0.2, 0.25) is 0 Å². The highest BCUT2D eigenvalue weighted by molar-refractivity contribution is 6.00. The number of methoxy groups -OCH3 is 3. The summed E-state index contributed by atoms with van der Waals surface area (Å²) in [6, 6.07) is 9.64. The number of fused-ring (bicyclic) bond motifs is 3. The average Bonchev–Trinajstić information content (AvgIpc) is 3.21. The highest BCUT2D eigenvalue weighted by Gasteiger charge is 2.38. The van der Waals surface area contributed by atoms with Crippen molar-refractivity contribution in [3.8, 4) is 17.2 Å². The molecule has 166 valence electrons. The van der Waals surface area contributed by atoms with Gasteiger partial charge in [-0.15, -0.1) is 0 Å². The van der Waals surface area contributed by atoms with Crippen LogP contribution in [0, 0.1) is 5.92 Å². The van der Waals surface area contributed by atoms with Crippen LogP contribution >= 0.6 is 0 Å². The molecule has 1 fully saturated rings. The van der Waals surface area contributed by atoms with E-state index in [1.54, 1.807) is 26.4 Å². The lowest BCUT2D eigenvalue weighted by atomic mass is 9.77. The van der Waals surface area contributed by atoms with Crippen molar-refractivity contribution in [2.24, 2.45) is 5.92 Å². The van der Waals surface area contributed by atoms with Crippen molar-refractivity contribution < 1.29 is 19.0 Å². The second-order valence-electron chi connectivity index (χ2n) is 8.24. The van der Waals surface area contributed by atoms with E-state index < -0.39 is 0 Å². The maximum atomic E-state index is 12.7. The number of likely N-dealkylation sites (tertiary alicyclic amines) is 1. The number of hydrogen-bond acceptors (Lipinski definition) is 6. The Kier molecular flexibility index (Phi) is 6.23. The zero-order valence-electron chi connectivity index (χ0n) is 18.4. The molecule has 2 aliphatic rings. The number of carbonyl (C=O) groups is 1. The fourth-order valence-corrected chi connectivity index (χ4v) is 5.02. The number of anilines is 1. The van der Waals surface area contributed by atoms with Gasteiger partial charge in [0.1, 0.15) is 5.75 Å². The molecule has 0 bridgehead atoms. The van der Waals surface area contributed by atoms with Crippen LogP contribution in [0.1, 0.15) is 33.8 Å². The first-order valence-corrected chi connectivity index (χ1v) is 10.7. The van der Waals surface area contributed by atoms with Gasteiger partial charge in [-0.1, -0.05) is 12.1 Å². The Labute approximate surface area is 183 Å². The zero-order valence-corrected chi connectivity index (χ0v) is 18.4. The van der Waals surface area contributed by atoms with E-state index in [2.05, 4.69) is 28.4 Å². The SMILES string of the molecule is COc1cc(N)c(C(=O)NCCN2C[C@@H]3CCc4c(OC)cccc4[C@@H]3C2)cc1OC. The number of rotatable bonds is 7. The number of nitrogens with two attached hydrogens (primary N) is 1. The van der Waals surface area contributed by atoms with Crippen molar-refractivity contribution in [3.05, 3.63) is 47.0 Å². The monoisotopic (exact) mass is 425 g/mol. The van der Waals surface area contributed by atoms with Crippen molar-refractivity contribution in [3.63, 3.8) is 0 Å². The first-order valence-electron chi connectivity index (χ1n) is 10.7. The van der Waals surface area contributed by atoms with Crippen LogP contribution < -0.4 is 25.3 Å². The highest BCUT2D eigenvalue weighted by atomic mass is 16.5. The molecule has 7 heteroatoms. The Hall–Kier alpha value is -2.93. The molecule has 0 spiro atoms. The third-order valence-electron chi connectivity index (χ3n) is 6.58. The minimum absolute atomic E-state index is 0.204. The molecule has 0 aromatic heterocycles. The summed E-state index contributed by atoms with van der Waals surface area (Å²) in [6.45, 7) is 3.46. The third-order valence-corrected chi connectivity index (χ3v) is 6.58. The molecule has 7 nitrogen and oxygen atoms in total. The van der Waals surface area contributed by atoms with Gasteiger partial charge < -0.3 is 30.2 Å². The topological polar surface area (TPSA) is 86.0 Å². The van der Waals surface area contributed by atoms with Gasteiger partial charge in [-0.05, 0) is 42.0 Å². The summed E-state index contributed by atoms with van der Waals surface area (Å²) in [7, 11) is 4.83. The van der Waals surface area contributed by atoms with Crippen LogP contribution in [0.25, 0.3) is 0 Å². The van der Waals surface area contributed by atoms with Crippen LogP contribution in [0.15, 0.2) is 30.3 Å². The van der Waals surface area contributed by atoms with Gasteiger partial charge in [-0.2, -0.15) is 0 Å². The number of hydrogen-bond donors (Lipinski definition) is 2. The zero-order chi connectivity index (χ0) is 22.0.